The Kier molecular flexibility index (Phi) is 8.98. The van der Waals surface area contributed by atoms with Crippen LogP contribution in [0.1, 0.15) is 18.4 Å². The Morgan fingerprint density at radius 2 is 1.29 bits per heavy atom. The van der Waals surface area contributed by atoms with Crippen LogP contribution in [0.2, 0.25) is 10.3 Å². The second-order valence-electron chi connectivity index (χ2n) is 10.8. The zero-order valence-corrected chi connectivity index (χ0v) is 27.8. The van der Waals surface area contributed by atoms with Crippen molar-refractivity contribution < 1.29 is 14.6 Å². The summed E-state index contributed by atoms with van der Waals surface area (Å²) in [6.45, 7) is 1.74. The van der Waals surface area contributed by atoms with Crippen molar-refractivity contribution >= 4 is 61.2 Å². The van der Waals surface area contributed by atoms with E-state index in [0.29, 0.717) is 40.2 Å². The van der Waals surface area contributed by atoms with Crippen LogP contribution in [-0.4, -0.2) is 74.7 Å². The third kappa shape index (κ3) is 6.36. The van der Waals surface area contributed by atoms with Gasteiger partial charge in [0.15, 0.2) is 11.3 Å². The van der Waals surface area contributed by atoms with Crippen molar-refractivity contribution in [2.24, 2.45) is 0 Å². The molecule has 7 rings (SSSR count). The zero-order valence-electron chi connectivity index (χ0n) is 24.7. The van der Waals surface area contributed by atoms with Gasteiger partial charge in [0.05, 0.1) is 31.2 Å². The van der Waals surface area contributed by atoms with Crippen LogP contribution in [-0.2, 0) is 5.60 Å². The lowest BCUT2D eigenvalue weighted by atomic mass is 9.83. The zero-order chi connectivity index (χ0) is 31.7. The molecule has 13 heteroatoms. The molecule has 5 heterocycles. The van der Waals surface area contributed by atoms with E-state index < -0.39 is 5.60 Å². The molecule has 1 saturated heterocycles. The Morgan fingerprint density at radius 3 is 1.82 bits per heavy atom. The number of halogens is 3. The van der Waals surface area contributed by atoms with Crippen molar-refractivity contribution in [2.45, 2.75) is 18.4 Å². The third-order valence-corrected chi connectivity index (χ3v) is 8.93. The number of aliphatic hydroxyl groups is 1. The Bertz CT molecular complexity index is 1990. The van der Waals surface area contributed by atoms with E-state index in [1.807, 2.05) is 48.5 Å². The van der Waals surface area contributed by atoms with Crippen LogP contribution in [0, 0.1) is 0 Å². The van der Waals surface area contributed by atoms with Gasteiger partial charge >= 0.3 is 0 Å². The first-order chi connectivity index (χ1) is 21.7. The Morgan fingerprint density at radius 1 is 0.778 bits per heavy atom. The van der Waals surface area contributed by atoms with Crippen LogP contribution in [0.3, 0.4) is 0 Å². The van der Waals surface area contributed by atoms with Crippen molar-refractivity contribution in [1.82, 2.24) is 35.3 Å². The standard InChI is InChI=1S/C19H21ClN4O2.C13H9BrClN3O/c1-24-9-7-19(25,8-10-24)12-3-5-15(26-2)14(11-12)17-13-4-6-16(20)21-18(13)23-22-17;1-19-10-4-2-7(14)6-9(10)12-8-3-5-11(15)16-13(8)18-17-12/h3-6,11,25H,7-10H2,1-2H3,(H,21,22,23);2-6H,1H3,(H,16,17,18). The first kappa shape index (κ1) is 31.3. The average molecular weight is 711 g/mol. The number of benzene rings is 2. The number of ether oxygens (including phenoxy) is 2. The van der Waals surface area contributed by atoms with Gasteiger partial charge in [-0.05, 0) is 80.1 Å². The number of pyridine rings is 2. The van der Waals surface area contributed by atoms with Gasteiger partial charge in [-0.25, -0.2) is 9.97 Å². The topological polar surface area (TPSA) is 125 Å². The first-order valence-corrected chi connectivity index (χ1v) is 15.7. The molecule has 0 radical (unpaired) electrons. The highest BCUT2D eigenvalue weighted by atomic mass is 79.9. The summed E-state index contributed by atoms with van der Waals surface area (Å²) >= 11 is 15.3. The molecule has 6 aromatic rings. The number of H-pyrrole nitrogens is 2. The summed E-state index contributed by atoms with van der Waals surface area (Å²) in [6.07, 6.45) is 1.41. The molecule has 1 aliphatic heterocycles. The number of piperidine rings is 1. The number of hydrogen-bond donors (Lipinski definition) is 3. The molecule has 0 unspecified atom stereocenters. The number of rotatable bonds is 5. The van der Waals surface area contributed by atoms with E-state index in [1.54, 1.807) is 26.4 Å². The molecule has 0 atom stereocenters. The normalized spacial score (nSPS) is 14.7. The summed E-state index contributed by atoms with van der Waals surface area (Å²) in [4.78, 5) is 10.6. The highest BCUT2D eigenvalue weighted by Gasteiger charge is 2.33. The highest BCUT2D eigenvalue weighted by Crippen LogP contribution is 2.40. The van der Waals surface area contributed by atoms with Crippen molar-refractivity contribution in [3.63, 3.8) is 0 Å². The van der Waals surface area contributed by atoms with Crippen LogP contribution in [0.5, 0.6) is 11.5 Å². The van der Waals surface area contributed by atoms with Gasteiger partial charge in [-0.15, -0.1) is 0 Å². The SMILES string of the molecule is COc1ccc(Br)cc1-c1[nH]nc2nc(Cl)ccc12.COc1ccc(C2(O)CCN(C)CC2)cc1-c1[nH]nc2nc(Cl)ccc12. The molecule has 3 N–H and O–H groups in total. The quantitative estimate of drug-likeness (QED) is 0.160. The molecule has 0 amide bonds. The Balaban J connectivity index is 0.000000167. The molecule has 0 bridgehead atoms. The summed E-state index contributed by atoms with van der Waals surface area (Å²) in [7, 11) is 5.35. The highest BCUT2D eigenvalue weighted by molar-refractivity contribution is 9.10. The molecule has 1 aliphatic rings. The Hall–Kier alpha value is -3.74. The van der Waals surface area contributed by atoms with Gasteiger partial charge in [-0.1, -0.05) is 45.2 Å². The summed E-state index contributed by atoms with van der Waals surface area (Å²) in [5.41, 5.74) is 4.64. The van der Waals surface area contributed by atoms with Crippen LogP contribution in [0.4, 0.5) is 0 Å². The minimum Gasteiger partial charge on any atom is -0.496 e. The van der Waals surface area contributed by atoms with E-state index in [0.717, 1.165) is 62.2 Å². The number of aromatic amines is 2. The largest absolute Gasteiger partial charge is 0.496 e. The molecule has 0 saturated carbocycles. The second kappa shape index (κ2) is 12.9. The molecule has 232 valence electrons. The van der Waals surface area contributed by atoms with Crippen molar-refractivity contribution in [3.05, 3.63) is 81.0 Å². The van der Waals surface area contributed by atoms with E-state index >= 15 is 0 Å². The minimum atomic E-state index is -0.828. The molecule has 10 nitrogen and oxygen atoms in total. The van der Waals surface area contributed by atoms with E-state index in [4.69, 9.17) is 32.7 Å². The van der Waals surface area contributed by atoms with Crippen molar-refractivity contribution in [1.29, 1.82) is 0 Å². The van der Waals surface area contributed by atoms with Crippen LogP contribution < -0.4 is 9.47 Å². The molecule has 0 aliphatic carbocycles. The summed E-state index contributed by atoms with van der Waals surface area (Å²) in [6, 6.07) is 18.9. The van der Waals surface area contributed by atoms with Gasteiger partial charge < -0.3 is 19.5 Å². The van der Waals surface area contributed by atoms with E-state index in [-0.39, 0.29) is 0 Å². The monoisotopic (exact) mass is 709 g/mol. The predicted molar refractivity (Wildman–Crippen MR) is 180 cm³/mol. The molecular weight excluding hydrogens is 681 g/mol. The van der Waals surface area contributed by atoms with Crippen LogP contribution in [0.15, 0.2) is 65.1 Å². The smallest absolute Gasteiger partial charge is 0.182 e. The fourth-order valence-corrected chi connectivity index (χ4v) is 6.15. The maximum atomic E-state index is 11.2. The van der Waals surface area contributed by atoms with Gasteiger partial charge in [0.25, 0.3) is 0 Å². The minimum absolute atomic E-state index is 0.400. The lowest BCUT2D eigenvalue weighted by Crippen LogP contribution is -2.40. The molecule has 0 spiro atoms. The molecule has 4 aromatic heterocycles. The van der Waals surface area contributed by atoms with Gasteiger partial charge in [-0.3, -0.25) is 10.2 Å². The maximum Gasteiger partial charge on any atom is 0.182 e. The molecular formula is C32H30BrCl2N7O3. The number of hydrogen-bond acceptors (Lipinski definition) is 8. The average Bonchev–Trinajstić information content (AvgIpc) is 3.66. The lowest BCUT2D eigenvalue weighted by Gasteiger charge is -2.37. The maximum absolute atomic E-state index is 11.2. The third-order valence-electron chi connectivity index (χ3n) is 8.02. The number of likely N-dealkylation sites (tertiary alicyclic amines) is 1. The van der Waals surface area contributed by atoms with E-state index in [2.05, 4.69) is 58.2 Å². The number of methoxy groups -OCH3 is 2. The van der Waals surface area contributed by atoms with Gasteiger partial charge in [0.2, 0.25) is 0 Å². The fraction of sp³-hybridized carbons (Fsp3) is 0.250. The van der Waals surface area contributed by atoms with E-state index in [9.17, 15) is 5.11 Å². The second-order valence-corrected chi connectivity index (χ2v) is 12.5. The molecule has 2 aromatic carbocycles. The van der Waals surface area contributed by atoms with E-state index in [1.165, 1.54) is 0 Å². The molecule has 45 heavy (non-hydrogen) atoms. The van der Waals surface area contributed by atoms with Gasteiger partial charge in [0.1, 0.15) is 21.8 Å². The fourth-order valence-electron chi connectivity index (χ4n) is 5.51. The number of nitrogens with zero attached hydrogens (tertiary/aromatic N) is 5. The Labute approximate surface area is 277 Å². The predicted octanol–water partition coefficient (Wildman–Crippen LogP) is 7.25. The van der Waals surface area contributed by atoms with Crippen LogP contribution >= 0.6 is 39.1 Å². The first-order valence-electron chi connectivity index (χ1n) is 14.1. The number of nitrogens with one attached hydrogen (secondary N) is 2. The van der Waals surface area contributed by atoms with Gasteiger partial charge in [-0.2, -0.15) is 10.2 Å². The van der Waals surface area contributed by atoms with Crippen molar-refractivity contribution in [2.75, 3.05) is 34.4 Å². The van der Waals surface area contributed by atoms with Crippen LogP contribution in [0.25, 0.3) is 44.6 Å². The summed E-state index contributed by atoms with van der Waals surface area (Å²) < 4.78 is 11.9. The van der Waals surface area contributed by atoms with Crippen molar-refractivity contribution in [3.8, 4) is 34.0 Å². The summed E-state index contributed by atoms with van der Waals surface area (Å²) in [5.74, 6) is 1.48. The van der Waals surface area contributed by atoms with Gasteiger partial charge in [0, 0.05) is 39.5 Å². The summed E-state index contributed by atoms with van der Waals surface area (Å²) in [5, 5.41) is 28.2. The molecule has 1 fully saturated rings. The number of aromatic nitrogens is 6. The number of fused-ring (bicyclic) bond motifs is 2. The lowest BCUT2D eigenvalue weighted by molar-refractivity contribution is -0.0203.